The van der Waals surface area contributed by atoms with Crippen molar-refractivity contribution in [3.8, 4) is 0 Å². The fourth-order valence-electron chi connectivity index (χ4n) is 13.4. The summed E-state index contributed by atoms with van der Waals surface area (Å²) in [4.78, 5) is 0. The zero-order chi connectivity index (χ0) is 37.5. The van der Waals surface area contributed by atoms with Gasteiger partial charge in [0.1, 0.15) is 11.2 Å². The van der Waals surface area contributed by atoms with Gasteiger partial charge in [-0.05, 0) is 93.8 Å². The minimum atomic E-state index is -0.952. The monoisotopic (exact) mass is 714 g/mol. The lowest BCUT2D eigenvalue weighted by Gasteiger charge is -2.66. The topological polar surface area (TPSA) is 18.5 Å². The van der Waals surface area contributed by atoms with Crippen LogP contribution in [0.5, 0.6) is 0 Å². The van der Waals surface area contributed by atoms with Crippen LogP contribution in [-0.2, 0) is 20.5 Å². The smallest absolute Gasteiger partial charge is 0.390 e. The van der Waals surface area contributed by atoms with E-state index in [1.165, 1.54) is 31.2 Å². The SMILES string of the molecule is C/C(=C\CB([C@H]1C[C@H]2C[C@@H]([C@@H]1C)C2(C)C)[C@H]1C[C@H]2C[C@@H]([C@@H]1C)C2(C)C)B1OC(c2ccccc2)(c2ccccc2)C(c2ccccc2)(c2ccccc2)O1. The second-order valence-electron chi connectivity index (χ2n) is 19.5. The summed E-state index contributed by atoms with van der Waals surface area (Å²) in [5.74, 6) is 6.57. The van der Waals surface area contributed by atoms with E-state index in [9.17, 15) is 0 Å². The van der Waals surface area contributed by atoms with Gasteiger partial charge in [-0.3, -0.25) is 0 Å². The van der Waals surface area contributed by atoms with E-state index in [4.69, 9.17) is 9.31 Å². The molecular formula is C50H60B2O2. The Morgan fingerprint density at radius 1 is 0.574 bits per heavy atom. The molecule has 1 saturated heterocycles. The maximum atomic E-state index is 7.69. The number of fused-ring (bicyclic) bond motifs is 4. The second kappa shape index (κ2) is 13.4. The summed E-state index contributed by atoms with van der Waals surface area (Å²) in [5.41, 5.74) is 4.64. The first-order valence-corrected chi connectivity index (χ1v) is 21.2. The molecule has 11 rings (SSSR count). The summed E-state index contributed by atoms with van der Waals surface area (Å²) in [6.45, 7) is 18.5. The van der Waals surface area contributed by atoms with Crippen LogP contribution in [-0.4, -0.2) is 13.8 Å². The van der Waals surface area contributed by atoms with Crippen LogP contribution in [0.1, 0.15) is 96.4 Å². The molecule has 4 bridgehead atoms. The van der Waals surface area contributed by atoms with Crippen LogP contribution < -0.4 is 0 Å². The molecule has 0 unspecified atom stereocenters. The van der Waals surface area contributed by atoms with Crippen molar-refractivity contribution in [2.75, 3.05) is 0 Å². The Kier molecular flexibility index (Phi) is 9.02. The molecule has 0 amide bonds. The number of allylic oxidation sites excluding steroid dienone is 2. The van der Waals surface area contributed by atoms with Crippen LogP contribution in [0.25, 0.3) is 0 Å². The molecule has 4 aromatic rings. The molecule has 7 fully saturated rings. The van der Waals surface area contributed by atoms with Gasteiger partial charge in [0.2, 0.25) is 0 Å². The van der Waals surface area contributed by atoms with Crippen LogP contribution in [0.2, 0.25) is 18.0 Å². The number of hydrogen-bond donors (Lipinski definition) is 0. The first-order valence-electron chi connectivity index (χ1n) is 21.2. The molecule has 8 atom stereocenters. The van der Waals surface area contributed by atoms with Crippen molar-refractivity contribution in [1.82, 2.24) is 0 Å². The second-order valence-corrected chi connectivity index (χ2v) is 19.5. The zero-order valence-corrected chi connectivity index (χ0v) is 33.7. The standard InChI is InChI=1S/C50H60B2O2/c1-34(28-29-51(45-32-41-30-43(35(45)2)47(41,4)5)46-33-42-31-44(36(46)3)48(42,6)7)52-53-49(37-20-12-8-13-21-37,38-22-14-9-15-23-38)50(54-52,39-24-16-10-17-25-39)40-26-18-11-19-27-40/h8-28,35-36,41-46H,29-33H2,1-7H3/b34-28+/t35-,36-,41+,42+,43-,44-,45-,46-/m0/s1. The predicted octanol–water partition coefficient (Wildman–Crippen LogP) is 12.5. The summed E-state index contributed by atoms with van der Waals surface area (Å²) in [6.07, 6.45) is 9.35. The van der Waals surface area contributed by atoms with Crippen molar-refractivity contribution in [3.05, 3.63) is 155 Å². The lowest BCUT2D eigenvalue weighted by Crippen LogP contribution is -2.59. The Labute approximate surface area is 326 Å². The van der Waals surface area contributed by atoms with Crippen LogP contribution >= 0.6 is 0 Å². The molecule has 7 aliphatic rings. The van der Waals surface area contributed by atoms with Gasteiger partial charge < -0.3 is 9.31 Å². The molecule has 0 radical (unpaired) electrons. The first-order chi connectivity index (χ1) is 26.0. The molecule has 278 valence electrons. The lowest BCUT2D eigenvalue weighted by molar-refractivity contribution is -0.107. The lowest BCUT2D eigenvalue weighted by atomic mass is 9.20. The summed E-state index contributed by atoms with van der Waals surface area (Å²) in [7, 11) is -0.529. The van der Waals surface area contributed by atoms with Gasteiger partial charge in [-0.2, -0.15) is 0 Å². The van der Waals surface area contributed by atoms with E-state index in [0.717, 1.165) is 75.7 Å². The minimum Gasteiger partial charge on any atom is -0.390 e. The van der Waals surface area contributed by atoms with Gasteiger partial charge in [0.15, 0.2) is 6.71 Å². The van der Waals surface area contributed by atoms with E-state index in [2.05, 4.69) is 176 Å². The van der Waals surface area contributed by atoms with E-state index < -0.39 is 18.3 Å². The molecular weight excluding hydrogens is 654 g/mol. The van der Waals surface area contributed by atoms with Crippen molar-refractivity contribution in [1.29, 1.82) is 0 Å². The largest absolute Gasteiger partial charge is 0.490 e. The fraction of sp³-hybridized carbons (Fsp3) is 0.480. The number of rotatable bonds is 9. The Morgan fingerprint density at radius 2 is 0.907 bits per heavy atom. The normalized spacial score (nSPS) is 32.6. The third kappa shape index (κ3) is 5.28. The quantitative estimate of drug-likeness (QED) is 0.161. The van der Waals surface area contributed by atoms with Crippen LogP contribution in [0.4, 0.5) is 0 Å². The molecule has 4 heteroatoms. The van der Waals surface area contributed by atoms with Crippen molar-refractivity contribution in [3.63, 3.8) is 0 Å². The van der Waals surface area contributed by atoms with Crippen molar-refractivity contribution >= 4 is 13.8 Å². The Hall–Kier alpha value is -3.33. The fourth-order valence-corrected chi connectivity index (χ4v) is 13.4. The van der Waals surface area contributed by atoms with Gasteiger partial charge in [0, 0.05) is 0 Å². The van der Waals surface area contributed by atoms with Crippen molar-refractivity contribution < 1.29 is 9.31 Å². The molecule has 4 aromatic carbocycles. The minimum absolute atomic E-state index is 0.497. The summed E-state index contributed by atoms with van der Waals surface area (Å²) in [6, 6.07) is 43.3. The predicted molar refractivity (Wildman–Crippen MR) is 225 cm³/mol. The summed E-state index contributed by atoms with van der Waals surface area (Å²) >= 11 is 0. The van der Waals surface area contributed by atoms with Crippen LogP contribution in [0, 0.1) is 46.3 Å². The highest BCUT2D eigenvalue weighted by molar-refractivity contribution is 6.63. The molecule has 0 aromatic heterocycles. The molecule has 6 aliphatic carbocycles. The molecule has 6 saturated carbocycles. The summed E-state index contributed by atoms with van der Waals surface area (Å²) < 4.78 is 15.4. The van der Waals surface area contributed by atoms with E-state index in [1.807, 2.05) is 0 Å². The van der Waals surface area contributed by atoms with Gasteiger partial charge in [-0.25, -0.2) is 0 Å². The van der Waals surface area contributed by atoms with E-state index in [0.29, 0.717) is 17.5 Å². The number of benzene rings is 4. The zero-order valence-electron chi connectivity index (χ0n) is 33.7. The third-order valence-corrected chi connectivity index (χ3v) is 16.8. The van der Waals surface area contributed by atoms with Crippen molar-refractivity contribution in [2.24, 2.45) is 46.3 Å². The average Bonchev–Trinajstić information content (AvgIpc) is 3.58. The molecule has 1 heterocycles. The molecule has 1 aliphatic heterocycles. The van der Waals surface area contributed by atoms with E-state index >= 15 is 0 Å². The van der Waals surface area contributed by atoms with E-state index in [1.54, 1.807) is 0 Å². The Balaban J connectivity index is 1.15. The third-order valence-electron chi connectivity index (χ3n) is 16.8. The Bertz CT molecular complexity index is 1750. The maximum Gasteiger partial charge on any atom is 0.490 e. The van der Waals surface area contributed by atoms with Gasteiger partial charge in [0.25, 0.3) is 0 Å². The highest BCUT2D eigenvalue weighted by Crippen LogP contribution is 2.70. The van der Waals surface area contributed by atoms with Crippen molar-refractivity contribution in [2.45, 2.75) is 103 Å². The number of hydrogen-bond acceptors (Lipinski definition) is 2. The maximum absolute atomic E-state index is 7.69. The van der Waals surface area contributed by atoms with E-state index in [-0.39, 0.29) is 0 Å². The summed E-state index contributed by atoms with van der Waals surface area (Å²) in [5, 5.41) is 0. The average molecular weight is 715 g/mol. The highest BCUT2D eigenvalue weighted by Gasteiger charge is 2.66. The van der Waals surface area contributed by atoms with Gasteiger partial charge in [-0.15, -0.1) is 0 Å². The molecule has 54 heavy (non-hydrogen) atoms. The molecule has 0 N–H and O–H groups in total. The van der Waals surface area contributed by atoms with Crippen LogP contribution in [0.3, 0.4) is 0 Å². The van der Waals surface area contributed by atoms with Gasteiger partial charge >= 0.3 is 7.12 Å². The van der Waals surface area contributed by atoms with Crippen LogP contribution in [0.15, 0.2) is 133 Å². The molecule has 0 spiro atoms. The first kappa shape index (κ1) is 36.3. The van der Waals surface area contributed by atoms with Gasteiger partial charge in [0.05, 0.1) is 0 Å². The van der Waals surface area contributed by atoms with Gasteiger partial charge in [-0.1, -0.05) is 200 Å². The highest BCUT2D eigenvalue weighted by atomic mass is 16.7. The Morgan fingerprint density at radius 3 is 1.20 bits per heavy atom. The molecule has 2 nitrogen and oxygen atoms in total.